The summed E-state index contributed by atoms with van der Waals surface area (Å²) in [6.07, 6.45) is 6.28. The molecule has 0 amide bonds. The maximum atomic E-state index is 6.09. The second-order valence-electron chi connectivity index (χ2n) is 5.65. The Morgan fingerprint density at radius 1 is 1.21 bits per heavy atom. The summed E-state index contributed by atoms with van der Waals surface area (Å²) >= 11 is 0. The molecule has 1 aromatic carbocycles. The van der Waals surface area contributed by atoms with Gasteiger partial charge in [-0.05, 0) is 25.5 Å². The third kappa shape index (κ3) is 3.09. The minimum atomic E-state index is 0.0409. The Bertz CT molecular complexity index is 427. The highest BCUT2D eigenvalue weighted by atomic mass is 15.4. The van der Waals surface area contributed by atoms with Crippen LogP contribution < -0.4 is 10.6 Å². The van der Waals surface area contributed by atoms with Crippen LogP contribution >= 0.6 is 0 Å². The standard InChI is InChI=1S/C16H25N3/c1-3-4-5-9-12-16(2)13-18-15(17)19(16)14-10-7-6-8-11-14/h6-8,10-11H,3-5,9,12-13H2,1-2H3,(H2,17,18). The first-order valence-corrected chi connectivity index (χ1v) is 7.32. The molecule has 1 heterocycles. The molecule has 1 atom stereocenters. The minimum absolute atomic E-state index is 0.0409. The molecule has 0 bridgehead atoms. The van der Waals surface area contributed by atoms with Gasteiger partial charge in [0.05, 0.1) is 12.1 Å². The first kappa shape index (κ1) is 13.9. The van der Waals surface area contributed by atoms with Crippen LogP contribution in [0.3, 0.4) is 0 Å². The third-order valence-electron chi connectivity index (χ3n) is 3.93. The first-order chi connectivity index (χ1) is 9.17. The van der Waals surface area contributed by atoms with Crippen LogP contribution in [0.2, 0.25) is 0 Å². The Balaban J connectivity index is 2.08. The van der Waals surface area contributed by atoms with Gasteiger partial charge in [0, 0.05) is 5.69 Å². The van der Waals surface area contributed by atoms with E-state index >= 15 is 0 Å². The number of benzene rings is 1. The van der Waals surface area contributed by atoms with Gasteiger partial charge in [0.1, 0.15) is 0 Å². The molecule has 104 valence electrons. The zero-order valence-electron chi connectivity index (χ0n) is 12.1. The predicted octanol–water partition coefficient (Wildman–Crippen LogP) is 3.55. The number of aliphatic imine (C=N–C) groups is 1. The Hall–Kier alpha value is -1.51. The lowest BCUT2D eigenvalue weighted by Gasteiger charge is -2.36. The molecule has 2 N–H and O–H groups in total. The summed E-state index contributed by atoms with van der Waals surface area (Å²) in [6, 6.07) is 10.4. The van der Waals surface area contributed by atoms with Gasteiger partial charge >= 0.3 is 0 Å². The van der Waals surface area contributed by atoms with E-state index in [0.29, 0.717) is 5.96 Å². The predicted molar refractivity (Wildman–Crippen MR) is 82.6 cm³/mol. The van der Waals surface area contributed by atoms with E-state index in [1.54, 1.807) is 0 Å². The zero-order valence-corrected chi connectivity index (χ0v) is 12.1. The molecule has 0 radical (unpaired) electrons. The number of unbranched alkanes of at least 4 members (excludes halogenated alkanes) is 3. The van der Waals surface area contributed by atoms with Crippen LogP contribution in [-0.4, -0.2) is 18.0 Å². The van der Waals surface area contributed by atoms with Gasteiger partial charge in [0.15, 0.2) is 5.96 Å². The Labute approximate surface area is 116 Å². The number of nitrogens with two attached hydrogens (primary N) is 1. The highest BCUT2D eigenvalue weighted by Crippen LogP contribution is 2.32. The average molecular weight is 259 g/mol. The smallest absolute Gasteiger partial charge is 0.196 e. The van der Waals surface area contributed by atoms with E-state index in [1.807, 2.05) is 6.07 Å². The zero-order chi connectivity index (χ0) is 13.7. The monoisotopic (exact) mass is 259 g/mol. The van der Waals surface area contributed by atoms with Gasteiger partial charge in [-0.15, -0.1) is 0 Å². The van der Waals surface area contributed by atoms with Gasteiger partial charge in [-0.1, -0.05) is 50.8 Å². The third-order valence-corrected chi connectivity index (χ3v) is 3.93. The van der Waals surface area contributed by atoms with Gasteiger partial charge in [-0.3, -0.25) is 4.99 Å². The van der Waals surface area contributed by atoms with Crippen LogP contribution in [0.25, 0.3) is 0 Å². The summed E-state index contributed by atoms with van der Waals surface area (Å²) in [7, 11) is 0. The molecule has 0 saturated heterocycles. The van der Waals surface area contributed by atoms with Crippen molar-refractivity contribution in [3.8, 4) is 0 Å². The molecule has 0 aliphatic carbocycles. The molecule has 1 aliphatic heterocycles. The van der Waals surface area contributed by atoms with Crippen molar-refractivity contribution in [2.45, 2.75) is 51.5 Å². The molecule has 2 rings (SSSR count). The van der Waals surface area contributed by atoms with Gasteiger partial charge in [0.25, 0.3) is 0 Å². The number of rotatable bonds is 6. The molecule has 0 spiro atoms. The molecule has 19 heavy (non-hydrogen) atoms. The average Bonchev–Trinajstić information content (AvgIpc) is 2.72. The van der Waals surface area contributed by atoms with E-state index in [1.165, 1.54) is 25.7 Å². The fourth-order valence-electron chi connectivity index (χ4n) is 2.81. The van der Waals surface area contributed by atoms with Crippen LogP contribution in [0.15, 0.2) is 35.3 Å². The SMILES string of the molecule is CCCCCCC1(C)CN=C(N)N1c1ccccc1. The van der Waals surface area contributed by atoms with Crippen molar-refractivity contribution in [2.75, 3.05) is 11.4 Å². The van der Waals surface area contributed by atoms with Crippen molar-refractivity contribution in [1.82, 2.24) is 0 Å². The lowest BCUT2D eigenvalue weighted by atomic mass is 9.92. The summed E-state index contributed by atoms with van der Waals surface area (Å²) in [4.78, 5) is 6.67. The van der Waals surface area contributed by atoms with Crippen LogP contribution in [0.5, 0.6) is 0 Å². The highest BCUT2D eigenvalue weighted by Gasteiger charge is 2.38. The molecular formula is C16H25N3. The quantitative estimate of drug-likeness (QED) is 0.794. The van der Waals surface area contributed by atoms with Crippen molar-refractivity contribution in [3.05, 3.63) is 30.3 Å². The molecule has 3 nitrogen and oxygen atoms in total. The molecule has 1 unspecified atom stereocenters. The second-order valence-corrected chi connectivity index (χ2v) is 5.65. The summed E-state index contributed by atoms with van der Waals surface area (Å²) in [5.41, 5.74) is 7.29. The van der Waals surface area contributed by atoms with E-state index in [-0.39, 0.29) is 5.54 Å². The summed E-state index contributed by atoms with van der Waals surface area (Å²) in [5, 5.41) is 0. The van der Waals surface area contributed by atoms with E-state index in [4.69, 9.17) is 5.73 Å². The number of hydrogen-bond acceptors (Lipinski definition) is 3. The number of guanidine groups is 1. The number of nitrogens with zero attached hydrogens (tertiary/aromatic N) is 2. The molecule has 0 aromatic heterocycles. The van der Waals surface area contributed by atoms with E-state index in [0.717, 1.165) is 18.7 Å². The van der Waals surface area contributed by atoms with Crippen molar-refractivity contribution in [3.63, 3.8) is 0 Å². The van der Waals surface area contributed by atoms with Crippen LogP contribution in [0, 0.1) is 0 Å². The van der Waals surface area contributed by atoms with Crippen LogP contribution in [-0.2, 0) is 0 Å². The molecular weight excluding hydrogens is 234 g/mol. The number of para-hydroxylation sites is 1. The number of anilines is 1. The highest BCUT2D eigenvalue weighted by molar-refractivity contribution is 5.98. The molecule has 3 heteroatoms. The van der Waals surface area contributed by atoms with E-state index in [2.05, 4.69) is 48.0 Å². The van der Waals surface area contributed by atoms with Gasteiger partial charge in [0.2, 0.25) is 0 Å². The van der Waals surface area contributed by atoms with Crippen molar-refractivity contribution >= 4 is 11.6 Å². The van der Waals surface area contributed by atoms with Crippen molar-refractivity contribution in [1.29, 1.82) is 0 Å². The lowest BCUT2D eigenvalue weighted by Crippen LogP contribution is -2.49. The van der Waals surface area contributed by atoms with Gasteiger partial charge < -0.3 is 10.6 Å². The molecule has 1 aromatic rings. The van der Waals surface area contributed by atoms with Crippen molar-refractivity contribution in [2.24, 2.45) is 10.7 Å². The Kier molecular flexibility index (Phi) is 4.46. The largest absolute Gasteiger partial charge is 0.369 e. The van der Waals surface area contributed by atoms with E-state index in [9.17, 15) is 0 Å². The topological polar surface area (TPSA) is 41.6 Å². The minimum Gasteiger partial charge on any atom is -0.369 e. The molecule has 1 aliphatic rings. The number of hydrogen-bond donors (Lipinski definition) is 1. The van der Waals surface area contributed by atoms with Crippen LogP contribution in [0.1, 0.15) is 46.0 Å². The fourth-order valence-corrected chi connectivity index (χ4v) is 2.81. The van der Waals surface area contributed by atoms with Gasteiger partial charge in [-0.2, -0.15) is 0 Å². The van der Waals surface area contributed by atoms with Crippen molar-refractivity contribution < 1.29 is 0 Å². The lowest BCUT2D eigenvalue weighted by molar-refractivity contribution is 0.435. The first-order valence-electron chi connectivity index (χ1n) is 7.32. The maximum absolute atomic E-state index is 6.09. The molecule has 0 saturated carbocycles. The normalized spacial score (nSPS) is 22.6. The molecule has 0 fully saturated rings. The summed E-state index contributed by atoms with van der Waals surface area (Å²) in [5.74, 6) is 0.657. The van der Waals surface area contributed by atoms with Gasteiger partial charge in [-0.25, -0.2) is 0 Å². The van der Waals surface area contributed by atoms with E-state index < -0.39 is 0 Å². The second kappa shape index (κ2) is 6.09. The Morgan fingerprint density at radius 2 is 1.95 bits per heavy atom. The van der Waals surface area contributed by atoms with Crippen LogP contribution in [0.4, 0.5) is 5.69 Å². The fraction of sp³-hybridized carbons (Fsp3) is 0.562. The summed E-state index contributed by atoms with van der Waals surface area (Å²) in [6.45, 7) is 5.32. The Morgan fingerprint density at radius 3 is 2.63 bits per heavy atom. The maximum Gasteiger partial charge on any atom is 0.196 e. The summed E-state index contributed by atoms with van der Waals surface area (Å²) < 4.78 is 0.